The fourth-order valence-electron chi connectivity index (χ4n) is 3.08. The van der Waals surface area contributed by atoms with E-state index in [-0.39, 0.29) is 31.3 Å². The Bertz CT molecular complexity index is 697. The first-order valence-electron chi connectivity index (χ1n) is 11.5. The number of guanidine groups is 1. The van der Waals surface area contributed by atoms with Gasteiger partial charge in [0.25, 0.3) is 0 Å². The van der Waals surface area contributed by atoms with Gasteiger partial charge in [-0.25, -0.2) is 0 Å². The second kappa shape index (κ2) is 16.6. The number of aliphatic carboxylic acids is 1. The summed E-state index contributed by atoms with van der Waals surface area (Å²) in [6.45, 7) is 5.83. The molecule has 4 atom stereocenters. The lowest BCUT2D eigenvalue weighted by Gasteiger charge is -2.25. The van der Waals surface area contributed by atoms with Crippen molar-refractivity contribution >= 4 is 29.7 Å². The zero-order chi connectivity index (χ0) is 26.3. The third kappa shape index (κ3) is 13.6. The van der Waals surface area contributed by atoms with E-state index in [2.05, 4.69) is 20.9 Å². The van der Waals surface area contributed by atoms with E-state index in [0.717, 1.165) is 0 Å². The molecular weight excluding hydrogens is 444 g/mol. The third-order valence-electron chi connectivity index (χ3n) is 4.95. The molecule has 196 valence electrons. The van der Waals surface area contributed by atoms with Crippen LogP contribution in [0.3, 0.4) is 0 Å². The summed E-state index contributed by atoms with van der Waals surface area (Å²) >= 11 is 0. The molecule has 0 radical (unpaired) electrons. The standard InChI is InChI=1S/C21H42N8O5/c1-12(2)11-14(23)17(30)28-16(8-6-10-26-21(24)25)19(32)29-15(7-4-5-9-22)18(31)27-13(3)20(33)34/h12-16H,4-11,22-23H2,1-3H3,(H,27,31)(H,28,30)(H,29,32)(H,33,34)(H4,24,25,26). The van der Waals surface area contributed by atoms with Crippen molar-refractivity contribution in [3.8, 4) is 0 Å². The molecule has 0 aliphatic carbocycles. The summed E-state index contributed by atoms with van der Waals surface area (Å²) in [5.41, 5.74) is 22.1. The monoisotopic (exact) mass is 486 g/mol. The van der Waals surface area contributed by atoms with Crippen LogP contribution < -0.4 is 38.9 Å². The number of amides is 3. The predicted octanol–water partition coefficient (Wildman–Crippen LogP) is -1.90. The number of hydrogen-bond acceptors (Lipinski definition) is 7. The maximum atomic E-state index is 13.0. The molecule has 0 saturated carbocycles. The quantitative estimate of drug-likeness (QED) is 0.0649. The summed E-state index contributed by atoms with van der Waals surface area (Å²) in [7, 11) is 0. The van der Waals surface area contributed by atoms with Crippen LogP contribution >= 0.6 is 0 Å². The Balaban J connectivity index is 5.45. The molecule has 0 spiro atoms. The summed E-state index contributed by atoms with van der Waals surface area (Å²) in [5, 5.41) is 16.7. The van der Waals surface area contributed by atoms with Crippen molar-refractivity contribution in [2.24, 2.45) is 33.8 Å². The van der Waals surface area contributed by atoms with Gasteiger partial charge in [-0.05, 0) is 57.9 Å². The van der Waals surface area contributed by atoms with Crippen LogP contribution in [0.25, 0.3) is 0 Å². The molecule has 0 heterocycles. The van der Waals surface area contributed by atoms with Gasteiger partial charge in [0.2, 0.25) is 17.7 Å². The van der Waals surface area contributed by atoms with E-state index < -0.39 is 47.9 Å². The van der Waals surface area contributed by atoms with Gasteiger partial charge in [-0.3, -0.25) is 24.2 Å². The summed E-state index contributed by atoms with van der Waals surface area (Å²) in [4.78, 5) is 53.2. The Kier molecular flexibility index (Phi) is 15.2. The fraction of sp³-hybridized carbons (Fsp3) is 0.762. The average molecular weight is 487 g/mol. The molecule has 12 N–H and O–H groups in total. The number of carbonyl (C=O) groups excluding carboxylic acids is 3. The molecule has 0 aromatic heterocycles. The third-order valence-corrected chi connectivity index (χ3v) is 4.95. The van der Waals surface area contributed by atoms with Crippen LogP contribution in [0.5, 0.6) is 0 Å². The molecule has 0 bridgehead atoms. The Morgan fingerprint density at radius 3 is 1.88 bits per heavy atom. The Labute approximate surface area is 200 Å². The SMILES string of the molecule is CC(C)CC(N)C(=O)NC(CCCN=C(N)N)C(=O)NC(CCCCN)C(=O)NC(C)C(=O)O. The lowest BCUT2D eigenvalue weighted by atomic mass is 10.0. The highest BCUT2D eigenvalue weighted by Crippen LogP contribution is 2.07. The van der Waals surface area contributed by atoms with Gasteiger partial charge in [0.1, 0.15) is 18.1 Å². The van der Waals surface area contributed by atoms with E-state index in [1.54, 1.807) is 0 Å². The summed E-state index contributed by atoms with van der Waals surface area (Å²) < 4.78 is 0. The summed E-state index contributed by atoms with van der Waals surface area (Å²) in [5.74, 6) is -2.83. The molecule has 0 aromatic carbocycles. The number of hydrogen-bond donors (Lipinski definition) is 8. The van der Waals surface area contributed by atoms with Crippen LogP contribution in [0.4, 0.5) is 0 Å². The Hall–Kier alpha value is -2.93. The molecular formula is C21H42N8O5. The molecule has 0 aliphatic rings. The van der Waals surface area contributed by atoms with Crippen LogP contribution in [0.2, 0.25) is 0 Å². The van der Waals surface area contributed by atoms with Gasteiger partial charge < -0.3 is 44.0 Å². The first kappa shape index (κ1) is 31.1. The van der Waals surface area contributed by atoms with Gasteiger partial charge in [-0.15, -0.1) is 0 Å². The van der Waals surface area contributed by atoms with Gasteiger partial charge in [0.05, 0.1) is 6.04 Å². The van der Waals surface area contributed by atoms with Gasteiger partial charge in [0.15, 0.2) is 5.96 Å². The number of nitrogens with one attached hydrogen (secondary N) is 3. The van der Waals surface area contributed by atoms with Crippen LogP contribution in [0.1, 0.15) is 59.3 Å². The van der Waals surface area contributed by atoms with Gasteiger partial charge in [-0.2, -0.15) is 0 Å². The number of nitrogens with two attached hydrogens (primary N) is 4. The maximum Gasteiger partial charge on any atom is 0.325 e. The van der Waals surface area contributed by atoms with Crippen LogP contribution in [0.15, 0.2) is 4.99 Å². The molecule has 13 nitrogen and oxygen atoms in total. The Morgan fingerprint density at radius 2 is 1.38 bits per heavy atom. The van der Waals surface area contributed by atoms with Crippen molar-refractivity contribution in [3.63, 3.8) is 0 Å². The van der Waals surface area contributed by atoms with Crippen molar-refractivity contribution in [1.82, 2.24) is 16.0 Å². The number of rotatable bonds is 17. The molecule has 0 fully saturated rings. The number of nitrogens with zero attached hydrogens (tertiary/aromatic N) is 1. The van der Waals surface area contributed by atoms with E-state index in [0.29, 0.717) is 32.2 Å². The summed E-state index contributed by atoms with van der Waals surface area (Å²) in [6, 6.07) is -3.91. The largest absolute Gasteiger partial charge is 0.480 e. The molecule has 34 heavy (non-hydrogen) atoms. The minimum atomic E-state index is -1.20. The maximum absolute atomic E-state index is 13.0. The first-order valence-corrected chi connectivity index (χ1v) is 11.5. The van der Waals surface area contributed by atoms with E-state index in [9.17, 15) is 19.2 Å². The van der Waals surface area contributed by atoms with Crippen LogP contribution in [-0.4, -0.2) is 72.0 Å². The first-order chi connectivity index (χ1) is 15.9. The highest BCUT2D eigenvalue weighted by atomic mass is 16.4. The predicted molar refractivity (Wildman–Crippen MR) is 129 cm³/mol. The smallest absolute Gasteiger partial charge is 0.325 e. The van der Waals surface area contributed by atoms with Gasteiger partial charge in [-0.1, -0.05) is 13.8 Å². The number of aliphatic imine (C=N–C) groups is 1. The van der Waals surface area contributed by atoms with Crippen molar-refractivity contribution in [3.05, 3.63) is 0 Å². The highest BCUT2D eigenvalue weighted by molar-refractivity contribution is 5.94. The topological polar surface area (TPSA) is 241 Å². The van der Waals surface area contributed by atoms with Crippen molar-refractivity contribution in [1.29, 1.82) is 0 Å². The number of unbranched alkanes of at least 4 members (excludes halogenated alkanes) is 1. The van der Waals surface area contributed by atoms with Crippen molar-refractivity contribution < 1.29 is 24.3 Å². The minimum absolute atomic E-state index is 0.0896. The van der Waals surface area contributed by atoms with E-state index >= 15 is 0 Å². The number of carbonyl (C=O) groups is 4. The van der Waals surface area contributed by atoms with Crippen molar-refractivity contribution in [2.45, 2.75) is 83.5 Å². The normalized spacial score (nSPS) is 14.4. The number of carboxylic acids is 1. The number of carboxylic acid groups (broad SMARTS) is 1. The zero-order valence-electron chi connectivity index (χ0n) is 20.4. The lowest BCUT2D eigenvalue weighted by Crippen LogP contribution is -2.56. The fourth-order valence-corrected chi connectivity index (χ4v) is 3.08. The van der Waals surface area contributed by atoms with Crippen molar-refractivity contribution in [2.75, 3.05) is 13.1 Å². The average Bonchev–Trinajstić information content (AvgIpc) is 2.73. The van der Waals surface area contributed by atoms with E-state index in [4.69, 9.17) is 28.0 Å². The minimum Gasteiger partial charge on any atom is -0.480 e. The van der Waals surface area contributed by atoms with E-state index in [1.165, 1.54) is 6.92 Å². The van der Waals surface area contributed by atoms with E-state index in [1.807, 2.05) is 13.8 Å². The molecule has 0 aliphatic heterocycles. The highest BCUT2D eigenvalue weighted by Gasteiger charge is 2.29. The van der Waals surface area contributed by atoms with Gasteiger partial charge in [0, 0.05) is 6.54 Å². The molecule has 13 heteroatoms. The van der Waals surface area contributed by atoms with Gasteiger partial charge >= 0.3 is 5.97 Å². The second-order valence-corrected chi connectivity index (χ2v) is 8.66. The molecule has 4 unspecified atom stereocenters. The Morgan fingerprint density at radius 1 is 0.853 bits per heavy atom. The molecule has 0 aromatic rings. The van der Waals surface area contributed by atoms with Crippen LogP contribution in [-0.2, 0) is 19.2 Å². The second-order valence-electron chi connectivity index (χ2n) is 8.66. The zero-order valence-corrected chi connectivity index (χ0v) is 20.4. The molecule has 0 rings (SSSR count). The van der Waals surface area contributed by atoms with Crippen LogP contribution in [0, 0.1) is 5.92 Å². The molecule has 3 amide bonds. The molecule has 0 saturated heterocycles. The lowest BCUT2D eigenvalue weighted by molar-refractivity contribution is -0.141. The summed E-state index contributed by atoms with van der Waals surface area (Å²) in [6.07, 6.45) is 2.43.